The average molecular weight is 303 g/mol. The minimum Gasteiger partial charge on any atom is -0.342 e. The maximum Gasteiger partial charge on any atom is 0.263 e. The van der Waals surface area contributed by atoms with Gasteiger partial charge in [0.15, 0.2) is 5.65 Å². The molecule has 1 aliphatic carbocycles. The van der Waals surface area contributed by atoms with Crippen molar-refractivity contribution in [1.29, 1.82) is 0 Å². The van der Waals surface area contributed by atoms with E-state index in [-0.39, 0.29) is 11.0 Å². The van der Waals surface area contributed by atoms with Crippen molar-refractivity contribution >= 4 is 17.0 Å². The van der Waals surface area contributed by atoms with Gasteiger partial charge in [-0.25, -0.2) is 0 Å². The van der Waals surface area contributed by atoms with Crippen molar-refractivity contribution in [3.63, 3.8) is 0 Å². The van der Waals surface area contributed by atoms with Gasteiger partial charge in [-0.1, -0.05) is 27.2 Å². The Morgan fingerprint density at radius 2 is 2.09 bits per heavy atom. The number of nitrogens with one attached hydrogen (secondary N) is 1. The molecule has 0 spiro atoms. The second-order valence-corrected chi connectivity index (χ2v) is 7.48. The van der Waals surface area contributed by atoms with Gasteiger partial charge in [0.05, 0.1) is 6.20 Å². The minimum absolute atomic E-state index is 0.120. The van der Waals surface area contributed by atoms with Gasteiger partial charge in [0.2, 0.25) is 5.95 Å². The lowest BCUT2D eigenvalue weighted by Crippen LogP contribution is -2.41. The molecular weight excluding hydrogens is 278 g/mol. The third-order valence-corrected chi connectivity index (χ3v) is 5.01. The third-order valence-electron chi connectivity index (χ3n) is 5.01. The Morgan fingerprint density at radius 3 is 2.77 bits per heavy atom. The Hall–Kier alpha value is -1.85. The summed E-state index contributed by atoms with van der Waals surface area (Å²) in [5, 5.41) is 4.66. The van der Waals surface area contributed by atoms with E-state index in [1.54, 1.807) is 10.9 Å². The number of nitrogens with zero attached hydrogens (tertiary/aromatic N) is 4. The van der Waals surface area contributed by atoms with Gasteiger partial charge in [-0.2, -0.15) is 10.1 Å². The number of rotatable bonds is 2. The highest BCUT2D eigenvalue weighted by molar-refractivity contribution is 5.74. The fourth-order valence-electron chi connectivity index (χ4n) is 3.76. The number of aromatic amines is 1. The number of fused-ring (bicyclic) bond motifs is 1. The lowest BCUT2D eigenvalue weighted by atomic mass is 9.77. The first-order valence-electron chi connectivity index (χ1n) is 7.94. The maximum atomic E-state index is 12.2. The van der Waals surface area contributed by atoms with Crippen molar-refractivity contribution in [3.8, 4) is 0 Å². The summed E-state index contributed by atoms with van der Waals surface area (Å²) >= 11 is 0. The van der Waals surface area contributed by atoms with Crippen LogP contribution in [0.4, 0.5) is 5.95 Å². The number of hydrogen-bond donors (Lipinski definition) is 1. The molecule has 0 radical (unpaired) electrons. The Morgan fingerprint density at radius 1 is 1.36 bits per heavy atom. The summed E-state index contributed by atoms with van der Waals surface area (Å²) in [6.07, 6.45) is 5.18. The van der Waals surface area contributed by atoms with Crippen molar-refractivity contribution < 1.29 is 0 Å². The van der Waals surface area contributed by atoms with Crippen LogP contribution in [-0.4, -0.2) is 32.8 Å². The highest BCUT2D eigenvalue weighted by Crippen LogP contribution is 2.42. The SMILES string of the molecule is CN(c1nc2c(cnn2C)c(=O)[nH]1)C1CCCC1C(C)(C)C. The van der Waals surface area contributed by atoms with Gasteiger partial charge in [0.1, 0.15) is 5.39 Å². The Kier molecular flexibility index (Phi) is 3.50. The zero-order chi connectivity index (χ0) is 16.1. The normalized spacial score (nSPS) is 22.4. The molecule has 2 aromatic rings. The first kappa shape index (κ1) is 15.1. The van der Waals surface area contributed by atoms with Gasteiger partial charge in [-0.15, -0.1) is 0 Å². The van der Waals surface area contributed by atoms with Crippen LogP contribution in [0.1, 0.15) is 40.0 Å². The van der Waals surface area contributed by atoms with E-state index in [0.717, 1.165) is 6.42 Å². The topological polar surface area (TPSA) is 66.8 Å². The highest BCUT2D eigenvalue weighted by Gasteiger charge is 2.38. The molecule has 1 aliphatic rings. The van der Waals surface area contributed by atoms with E-state index < -0.39 is 0 Å². The van der Waals surface area contributed by atoms with Crippen molar-refractivity contribution in [1.82, 2.24) is 19.7 Å². The number of anilines is 1. The van der Waals surface area contributed by atoms with E-state index in [1.165, 1.54) is 12.8 Å². The van der Waals surface area contributed by atoms with Gasteiger partial charge >= 0.3 is 0 Å². The summed E-state index contributed by atoms with van der Waals surface area (Å²) in [5.41, 5.74) is 0.771. The molecule has 2 unspecified atom stereocenters. The number of aromatic nitrogens is 4. The van der Waals surface area contributed by atoms with Crippen LogP contribution in [0.15, 0.2) is 11.0 Å². The quantitative estimate of drug-likeness (QED) is 0.924. The molecule has 120 valence electrons. The van der Waals surface area contributed by atoms with Crippen LogP contribution < -0.4 is 10.5 Å². The van der Waals surface area contributed by atoms with E-state index in [0.29, 0.717) is 28.9 Å². The fourth-order valence-corrected chi connectivity index (χ4v) is 3.76. The predicted octanol–water partition coefficient (Wildman–Crippen LogP) is 2.31. The number of H-pyrrole nitrogens is 1. The molecule has 6 nitrogen and oxygen atoms in total. The zero-order valence-corrected chi connectivity index (χ0v) is 14.1. The van der Waals surface area contributed by atoms with Gasteiger partial charge in [0, 0.05) is 20.1 Å². The zero-order valence-electron chi connectivity index (χ0n) is 14.1. The van der Waals surface area contributed by atoms with Gasteiger partial charge < -0.3 is 4.90 Å². The van der Waals surface area contributed by atoms with Crippen LogP contribution in [0.2, 0.25) is 0 Å². The van der Waals surface area contributed by atoms with Crippen LogP contribution >= 0.6 is 0 Å². The molecule has 0 saturated heterocycles. The fraction of sp³-hybridized carbons (Fsp3) is 0.688. The molecule has 0 aromatic carbocycles. The standard InChI is InChI=1S/C16H25N5O/c1-16(2,3)11-7-6-8-12(11)20(4)15-18-13-10(14(22)19-15)9-17-21(13)5/h9,11-12H,6-8H2,1-5H3,(H,18,19,22). The van der Waals surface area contributed by atoms with Crippen LogP contribution in [0.3, 0.4) is 0 Å². The summed E-state index contributed by atoms with van der Waals surface area (Å²) in [7, 11) is 3.85. The molecule has 1 fully saturated rings. The summed E-state index contributed by atoms with van der Waals surface area (Å²) < 4.78 is 1.65. The second kappa shape index (κ2) is 5.11. The van der Waals surface area contributed by atoms with Crippen molar-refractivity contribution in [3.05, 3.63) is 16.6 Å². The largest absolute Gasteiger partial charge is 0.342 e. The van der Waals surface area contributed by atoms with Crippen molar-refractivity contribution in [2.24, 2.45) is 18.4 Å². The lowest BCUT2D eigenvalue weighted by molar-refractivity contribution is 0.220. The van der Waals surface area contributed by atoms with Crippen LogP contribution in [0, 0.1) is 11.3 Å². The highest BCUT2D eigenvalue weighted by atomic mass is 16.1. The Labute approximate surface area is 130 Å². The Balaban J connectivity index is 2.00. The minimum atomic E-state index is -0.120. The summed E-state index contributed by atoms with van der Waals surface area (Å²) in [6.45, 7) is 6.89. The van der Waals surface area contributed by atoms with Crippen LogP contribution in [-0.2, 0) is 7.05 Å². The summed E-state index contributed by atoms with van der Waals surface area (Å²) in [5.74, 6) is 1.24. The molecule has 0 bridgehead atoms. The summed E-state index contributed by atoms with van der Waals surface area (Å²) in [6, 6.07) is 0.411. The maximum absolute atomic E-state index is 12.2. The van der Waals surface area contributed by atoms with E-state index >= 15 is 0 Å². The molecule has 22 heavy (non-hydrogen) atoms. The van der Waals surface area contributed by atoms with Gasteiger partial charge in [-0.05, 0) is 24.2 Å². The molecule has 1 saturated carbocycles. The van der Waals surface area contributed by atoms with E-state index in [2.05, 4.69) is 40.7 Å². The van der Waals surface area contributed by atoms with E-state index in [9.17, 15) is 4.79 Å². The molecule has 6 heteroatoms. The lowest BCUT2D eigenvalue weighted by Gasteiger charge is -2.37. The first-order chi connectivity index (χ1) is 10.3. The van der Waals surface area contributed by atoms with E-state index in [4.69, 9.17) is 0 Å². The van der Waals surface area contributed by atoms with Gasteiger partial charge in [-0.3, -0.25) is 14.5 Å². The molecule has 2 heterocycles. The van der Waals surface area contributed by atoms with Crippen molar-refractivity contribution in [2.45, 2.75) is 46.1 Å². The number of hydrogen-bond acceptors (Lipinski definition) is 4. The monoisotopic (exact) mass is 303 g/mol. The third kappa shape index (κ3) is 2.40. The predicted molar refractivity (Wildman–Crippen MR) is 88.1 cm³/mol. The Bertz CT molecular complexity index is 739. The second-order valence-electron chi connectivity index (χ2n) is 7.48. The molecule has 0 amide bonds. The molecule has 0 aliphatic heterocycles. The molecule has 3 rings (SSSR count). The molecule has 1 N–H and O–H groups in total. The molecule has 2 atom stereocenters. The van der Waals surface area contributed by atoms with Crippen LogP contribution in [0.5, 0.6) is 0 Å². The average Bonchev–Trinajstić information content (AvgIpc) is 3.05. The van der Waals surface area contributed by atoms with E-state index in [1.807, 2.05) is 14.1 Å². The van der Waals surface area contributed by atoms with Gasteiger partial charge in [0.25, 0.3) is 5.56 Å². The van der Waals surface area contributed by atoms with Crippen molar-refractivity contribution in [2.75, 3.05) is 11.9 Å². The summed E-state index contributed by atoms with van der Waals surface area (Å²) in [4.78, 5) is 21.9. The van der Waals surface area contributed by atoms with Crippen LogP contribution in [0.25, 0.3) is 11.0 Å². The molecule has 2 aromatic heterocycles. The first-order valence-corrected chi connectivity index (χ1v) is 7.94. The molecular formula is C16H25N5O. The number of aryl methyl sites for hydroxylation is 1. The smallest absolute Gasteiger partial charge is 0.263 e.